The maximum absolute atomic E-state index is 11.6. The summed E-state index contributed by atoms with van der Waals surface area (Å²) in [6.45, 7) is 0.353. The predicted molar refractivity (Wildman–Crippen MR) is 67.4 cm³/mol. The second-order valence-corrected chi connectivity index (χ2v) is 4.09. The molecule has 1 aromatic heterocycles. The number of hydrogen-bond acceptors (Lipinski definition) is 4. The SMILES string of the molecule is COc1ccc(C(N)Cn2ncn(C)c2=O)cc1. The molecule has 0 bridgehead atoms. The predicted octanol–water partition coefficient (Wildman–Crippen LogP) is 0.290. The van der Waals surface area contributed by atoms with Crippen LogP contribution in [0.2, 0.25) is 0 Å². The molecule has 0 radical (unpaired) electrons. The van der Waals surface area contributed by atoms with Crippen molar-refractivity contribution in [2.24, 2.45) is 12.8 Å². The van der Waals surface area contributed by atoms with Gasteiger partial charge >= 0.3 is 5.69 Å². The third kappa shape index (κ3) is 2.43. The molecule has 0 aliphatic carbocycles. The van der Waals surface area contributed by atoms with Crippen LogP contribution < -0.4 is 16.2 Å². The molecule has 1 unspecified atom stereocenters. The molecule has 0 aliphatic rings. The van der Waals surface area contributed by atoms with Crippen LogP contribution in [0.3, 0.4) is 0 Å². The van der Waals surface area contributed by atoms with Crippen molar-refractivity contribution in [3.05, 3.63) is 46.6 Å². The first kappa shape index (κ1) is 12.4. The van der Waals surface area contributed by atoms with E-state index in [4.69, 9.17) is 10.5 Å². The number of nitrogens with two attached hydrogens (primary N) is 1. The fourth-order valence-corrected chi connectivity index (χ4v) is 1.69. The number of aryl methyl sites for hydroxylation is 1. The number of methoxy groups -OCH3 is 1. The highest BCUT2D eigenvalue weighted by Gasteiger charge is 2.10. The van der Waals surface area contributed by atoms with Crippen LogP contribution >= 0.6 is 0 Å². The molecule has 0 spiro atoms. The van der Waals surface area contributed by atoms with Crippen molar-refractivity contribution >= 4 is 0 Å². The van der Waals surface area contributed by atoms with Gasteiger partial charge in [0.2, 0.25) is 0 Å². The summed E-state index contributed by atoms with van der Waals surface area (Å²) in [5.74, 6) is 0.779. The number of hydrogen-bond donors (Lipinski definition) is 1. The lowest BCUT2D eigenvalue weighted by Gasteiger charge is -2.11. The van der Waals surface area contributed by atoms with Crippen LogP contribution in [0.5, 0.6) is 5.75 Å². The van der Waals surface area contributed by atoms with Gasteiger partial charge in [0, 0.05) is 13.1 Å². The van der Waals surface area contributed by atoms with E-state index in [0.29, 0.717) is 6.54 Å². The molecule has 0 saturated heterocycles. The topological polar surface area (TPSA) is 75.1 Å². The van der Waals surface area contributed by atoms with E-state index in [9.17, 15) is 4.79 Å². The number of rotatable bonds is 4. The lowest BCUT2D eigenvalue weighted by Crippen LogP contribution is -2.28. The number of ether oxygens (including phenoxy) is 1. The third-order valence-electron chi connectivity index (χ3n) is 2.80. The van der Waals surface area contributed by atoms with Crippen molar-refractivity contribution < 1.29 is 4.74 Å². The van der Waals surface area contributed by atoms with E-state index in [2.05, 4.69) is 5.10 Å². The summed E-state index contributed by atoms with van der Waals surface area (Å²) < 4.78 is 7.85. The van der Waals surface area contributed by atoms with Crippen molar-refractivity contribution in [2.45, 2.75) is 12.6 Å². The first-order valence-corrected chi connectivity index (χ1v) is 5.60. The zero-order chi connectivity index (χ0) is 13.1. The molecule has 2 N–H and O–H groups in total. The first-order valence-electron chi connectivity index (χ1n) is 5.60. The summed E-state index contributed by atoms with van der Waals surface area (Å²) in [6, 6.07) is 7.19. The molecule has 0 saturated carbocycles. The zero-order valence-corrected chi connectivity index (χ0v) is 10.4. The molecule has 2 rings (SSSR count). The minimum atomic E-state index is -0.275. The molecule has 96 valence electrons. The lowest BCUT2D eigenvalue weighted by atomic mass is 10.1. The minimum Gasteiger partial charge on any atom is -0.497 e. The number of benzene rings is 1. The van der Waals surface area contributed by atoms with Crippen LogP contribution in [0.25, 0.3) is 0 Å². The van der Waals surface area contributed by atoms with Gasteiger partial charge in [-0.25, -0.2) is 9.48 Å². The Labute approximate surface area is 105 Å². The van der Waals surface area contributed by atoms with E-state index in [-0.39, 0.29) is 11.7 Å². The molecule has 0 fully saturated rings. The second kappa shape index (κ2) is 5.05. The fraction of sp³-hybridized carbons (Fsp3) is 0.333. The van der Waals surface area contributed by atoms with Crippen molar-refractivity contribution in [3.63, 3.8) is 0 Å². The van der Waals surface area contributed by atoms with Gasteiger partial charge in [-0.15, -0.1) is 0 Å². The maximum atomic E-state index is 11.6. The molecule has 1 heterocycles. The van der Waals surface area contributed by atoms with E-state index in [0.717, 1.165) is 11.3 Å². The number of nitrogens with zero attached hydrogens (tertiary/aromatic N) is 3. The highest BCUT2D eigenvalue weighted by atomic mass is 16.5. The molecule has 1 aromatic carbocycles. The van der Waals surface area contributed by atoms with Crippen LogP contribution in [-0.4, -0.2) is 21.5 Å². The molecule has 0 amide bonds. The van der Waals surface area contributed by atoms with Gasteiger partial charge in [-0.1, -0.05) is 12.1 Å². The molecular formula is C12H16N4O2. The largest absolute Gasteiger partial charge is 0.497 e. The Bertz CT molecular complexity index is 571. The van der Waals surface area contributed by atoms with Gasteiger partial charge in [-0.3, -0.25) is 4.57 Å². The first-order chi connectivity index (χ1) is 8.61. The summed E-state index contributed by atoms with van der Waals surface area (Å²) in [5, 5.41) is 3.98. The monoisotopic (exact) mass is 248 g/mol. The smallest absolute Gasteiger partial charge is 0.345 e. The third-order valence-corrected chi connectivity index (χ3v) is 2.80. The number of aromatic nitrogens is 3. The Morgan fingerprint density at radius 1 is 1.39 bits per heavy atom. The van der Waals surface area contributed by atoms with Crippen molar-refractivity contribution in [2.75, 3.05) is 7.11 Å². The standard InChI is InChI=1S/C12H16N4O2/c1-15-8-14-16(12(15)17)7-11(13)9-3-5-10(18-2)6-4-9/h3-6,8,11H,7,13H2,1-2H3. The van der Waals surface area contributed by atoms with E-state index < -0.39 is 0 Å². The highest BCUT2D eigenvalue weighted by Crippen LogP contribution is 2.16. The van der Waals surface area contributed by atoms with Gasteiger partial charge in [0.05, 0.1) is 13.7 Å². The molecule has 0 aliphatic heterocycles. The van der Waals surface area contributed by atoms with Crippen LogP contribution in [0.4, 0.5) is 0 Å². The fourth-order valence-electron chi connectivity index (χ4n) is 1.69. The average molecular weight is 248 g/mol. The molecule has 2 aromatic rings. The summed E-state index contributed by atoms with van der Waals surface area (Å²) in [5.41, 5.74) is 6.82. The maximum Gasteiger partial charge on any atom is 0.345 e. The quantitative estimate of drug-likeness (QED) is 0.844. The molecule has 1 atom stereocenters. The second-order valence-electron chi connectivity index (χ2n) is 4.09. The Hall–Kier alpha value is -2.08. The van der Waals surface area contributed by atoms with Gasteiger partial charge < -0.3 is 10.5 Å². The lowest BCUT2D eigenvalue weighted by molar-refractivity contribution is 0.414. The van der Waals surface area contributed by atoms with Crippen LogP contribution in [0.1, 0.15) is 11.6 Å². The molecule has 6 heteroatoms. The van der Waals surface area contributed by atoms with E-state index in [1.807, 2.05) is 24.3 Å². The van der Waals surface area contributed by atoms with Crippen LogP contribution in [0.15, 0.2) is 35.4 Å². The van der Waals surface area contributed by atoms with E-state index in [1.54, 1.807) is 14.2 Å². The van der Waals surface area contributed by atoms with E-state index in [1.165, 1.54) is 15.6 Å². The van der Waals surface area contributed by atoms with Gasteiger partial charge in [0.1, 0.15) is 12.1 Å². The summed E-state index contributed by atoms with van der Waals surface area (Å²) in [7, 11) is 3.27. The average Bonchev–Trinajstić information content (AvgIpc) is 2.71. The van der Waals surface area contributed by atoms with Gasteiger partial charge in [-0.2, -0.15) is 5.10 Å². The van der Waals surface area contributed by atoms with Gasteiger partial charge in [0.15, 0.2) is 0 Å². The Morgan fingerprint density at radius 2 is 2.06 bits per heavy atom. The Kier molecular flexibility index (Phi) is 3.47. The minimum absolute atomic E-state index is 0.168. The normalized spacial score (nSPS) is 12.4. The summed E-state index contributed by atoms with van der Waals surface area (Å²) in [4.78, 5) is 11.6. The summed E-state index contributed by atoms with van der Waals surface area (Å²) in [6.07, 6.45) is 1.48. The Morgan fingerprint density at radius 3 is 2.56 bits per heavy atom. The highest BCUT2D eigenvalue weighted by molar-refractivity contribution is 5.28. The summed E-state index contributed by atoms with van der Waals surface area (Å²) >= 11 is 0. The van der Waals surface area contributed by atoms with Gasteiger partial charge in [-0.05, 0) is 17.7 Å². The molecular weight excluding hydrogens is 232 g/mol. The van der Waals surface area contributed by atoms with Crippen molar-refractivity contribution in [3.8, 4) is 5.75 Å². The van der Waals surface area contributed by atoms with Gasteiger partial charge in [0.25, 0.3) is 0 Å². The van der Waals surface area contributed by atoms with Crippen molar-refractivity contribution in [1.82, 2.24) is 14.3 Å². The van der Waals surface area contributed by atoms with Crippen molar-refractivity contribution in [1.29, 1.82) is 0 Å². The van der Waals surface area contributed by atoms with E-state index >= 15 is 0 Å². The van der Waals surface area contributed by atoms with Crippen LogP contribution in [-0.2, 0) is 13.6 Å². The molecule has 18 heavy (non-hydrogen) atoms. The van der Waals surface area contributed by atoms with Crippen LogP contribution in [0, 0.1) is 0 Å². The molecule has 6 nitrogen and oxygen atoms in total. The zero-order valence-electron chi connectivity index (χ0n) is 10.4. The Balaban J connectivity index is 2.14.